The molecule has 5 aliphatic heterocycles. The molecule has 5 saturated heterocycles. The van der Waals surface area contributed by atoms with Gasteiger partial charge in [0.05, 0.1) is 50.6 Å². The molecule has 6 atom stereocenters. The van der Waals surface area contributed by atoms with Crippen molar-refractivity contribution in [2.75, 3.05) is 79.6 Å². The topological polar surface area (TPSA) is 128 Å². The van der Waals surface area contributed by atoms with Crippen LogP contribution < -0.4 is 20.4 Å². The first-order valence-electron chi connectivity index (χ1n) is 17.4. The maximum absolute atomic E-state index is 15.0. The summed E-state index contributed by atoms with van der Waals surface area (Å²) in [5.41, 5.74) is 2.33. The number of rotatable bonds is 7. The molecule has 6 heterocycles. The number of morpholine rings is 2. The minimum Gasteiger partial charge on any atom is -0.377 e. The molecule has 2 N–H and O–H groups in total. The molecular formula is C35H41F2N9O4. The predicted octanol–water partition coefficient (Wildman–Crippen LogP) is 3.59. The van der Waals surface area contributed by atoms with Crippen LogP contribution in [0.5, 0.6) is 0 Å². The van der Waals surface area contributed by atoms with E-state index in [0.29, 0.717) is 79.4 Å². The average Bonchev–Trinajstić information content (AvgIpc) is 3.45. The predicted molar refractivity (Wildman–Crippen MR) is 183 cm³/mol. The van der Waals surface area contributed by atoms with Crippen molar-refractivity contribution in [1.29, 1.82) is 0 Å². The maximum Gasteiger partial charge on any atom is 0.323 e. The first kappa shape index (κ1) is 32.7. The second-order valence-electron chi connectivity index (χ2n) is 13.6. The number of hydrogen-bond acceptors (Lipinski definition) is 10. The molecule has 0 saturated carbocycles. The van der Waals surface area contributed by atoms with Crippen LogP contribution >= 0.6 is 0 Å². The maximum atomic E-state index is 15.0. The van der Waals surface area contributed by atoms with E-state index in [4.69, 9.17) is 24.4 Å². The van der Waals surface area contributed by atoms with Crippen LogP contribution in [0.4, 0.5) is 36.8 Å². The SMILES string of the molecule is CCN1CCN(C(=O)c2ccc(NC(=O)Nc3ccc(-c4nc(N5[C@@H]6COC[C@H]5[C@H](F)C6)nc(N5[C@@H]6COC[C@H]5[C@H](F)C6)n4)cc3)cc2)CC1. The third kappa shape index (κ3) is 6.33. The Morgan fingerprint density at radius 2 is 1.26 bits per heavy atom. The zero-order valence-corrected chi connectivity index (χ0v) is 27.9. The van der Waals surface area contributed by atoms with Crippen LogP contribution in [0.25, 0.3) is 11.4 Å². The summed E-state index contributed by atoms with van der Waals surface area (Å²) in [6.45, 7) is 7.48. The van der Waals surface area contributed by atoms with Crippen molar-refractivity contribution < 1.29 is 27.8 Å². The number of carbonyl (C=O) groups excluding carboxylic acids is 2. The fraction of sp³-hybridized carbons (Fsp3) is 0.514. The second-order valence-corrected chi connectivity index (χ2v) is 13.6. The van der Waals surface area contributed by atoms with Gasteiger partial charge >= 0.3 is 6.03 Å². The lowest BCUT2D eigenvalue weighted by atomic mass is 10.1. The Balaban J connectivity index is 0.967. The molecule has 0 unspecified atom stereocenters. The van der Waals surface area contributed by atoms with Crippen LogP contribution in [0.1, 0.15) is 30.1 Å². The van der Waals surface area contributed by atoms with Crippen LogP contribution in [0.2, 0.25) is 0 Å². The van der Waals surface area contributed by atoms with Crippen LogP contribution in [0, 0.1) is 0 Å². The number of halogens is 2. The van der Waals surface area contributed by atoms with Crippen molar-refractivity contribution in [2.24, 2.45) is 0 Å². The van der Waals surface area contributed by atoms with E-state index in [-0.39, 0.29) is 31.2 Å². The summed E-state index contributed by atoms with van der Waals surface area (Å²) in [4.78, 5) is 48.2. The monoisotopic (exact) mass is 689 g/mol. The van der Waals surface area contributed by atoms with Gasteiger partial charge in [0.15, 0.2) is 5.82 Å². The highest BCUT2D eigenvalue weighted by atomic mass is 19.1. The molecule has 5 fully saturated rings. The van der Waals surface area contributed by atoms with Crippen LogP contribution in [0.3, 0.4) is 0 Å². The van der Waals surface area contributed by atoms with Crippen molar-refractivity contribution in [3.05, 3.63) is 54.1 Å². The number of hydrogen-bond donors (Lipinski definition) is 2. The van der Waals surface area contributed by atoms with Gasteiger partial charge in [0, 0.05) is 61.5 Å². The van der Waals surface area contributed by atoms with Crippen molar-refractivity contribution in [1.82, 2.24) is 24.8 Å². The van der Waals surface area contributed by atoms with E-state index in [2.05, 4.69) is 22.5 Å². The molecule has 0 aliphatic carbocycles. The third-order valence-corrected chi connectivity index (χ3v) is 10.5. The fourth-order valence-electron chi connectivity index (χ4n) is 7.75. The number of nitrogens with one attached hydrogen (secondary N) is 2. The molecule has 3 amide bonds. The largest absolute Gasteiger partial charge is 0.377 e. The number of ether oxygens (including phenoxy) is 2. The smallest absolute Gasteiger partial charge is 0.323 e. The van der Waals surface area contributed by atoms with Crippen molar-refractivity contribution in [3.63, 3.8) is 0 Å². The summed E-state index contributed by atoms with van der Waals surface area (Å²) in [5.74, 6) is 1.05. The Morgan fingerprint density at radius 1 is 0.740 bits per heavy atom. The minimum atomic E-state index is -1.07. The van der Waals surface area contributed by atoms with Crippen LogP contribution in [0.15, 0.2) is 48.5 Å². The van der Waals surface area contributed by atoms with Gasteiger partial charge in [0.2, 0.25) is 11.9 Å². The summed E-state index contributed by atoms with van der Waals surface area (Å²) in [5, 5.41) is 5.64. The number of nitrogens with zero attached hydrogens (tertiary/aromatic N) is 7. The highest BCUT2D eigenvalue weighted by Gasteiger charge is 2.49. The minimum absolute atomic E-state index is 0.0120. The van der Waals surface area contributed by atoms with Gasteiger partial charge in [-0.05, 0) is 55.1 Å². The van der Waals surface area contributed by atoms with Gasteiger partial charge in [-0.25, -0.2) is 13.6 Å². The summed E-state index contributed by atoms with van der Waals surface area (Å²) >= 11 is 0. The highest BCUT2D eigenvalue weighted by Crippen LogP contribution is 2.38. The van der Waals surface area contributed by atoms with E-state index in [0.717, 1.165) is 19.6 Å². The van der Waals surface area contributed by atoms with Gasteiger partial charge in [-0.3, -0.25) is 4.79 Å². The molecule has 5 aliphatic rings. The normalized spacial score (nSPS) is 27.8. The zero-order chi connectivity index (χ0) is 34.4. The molecule has 4 bridgehead atoms. The first-order chi connectivity index (χ1) is 24.3. The van der Waals surface area contributed by atoms with E-state index in [1.165, 1.54) is 0 Å². The number of piperazine rings is 1. The van der Waals surface area contributed by atoms with E-state index >= 15 is 0 Å². The molecule has 1 aromatic heterocycles. The van der Waals surface area contributed by atoms with E-state index < -0.39 is 30.5 Å². The number of likely N-dealkylation sites (N-methyl/N-ethyl adjacent to an activating group) is 1. The number of fused-ring (bicyclic) bond motifs is 4. The summed E-state index contributed by atoms with van der Waals surface area (Å²) < 4.78 is 41.2. The van der Waals surface area contributed by atoms with E-state index in [1.54, 1.807) is 48.5 Å². The van der Waals surface area contributed by atoms with Gasteiger partial charge in [0.1, 0.15) is 12.3 Å². The lowest BCUT2D eigenvalue weighted by Gasteiger charge is -2.37. The number of carbonyl (C=O) groups is 2. The summed E-state index contributed by atoms with van der Waals surface area (Å²) in [6, 6.07) is 12.1. The van der Waals surface area contributed by atoms with Crippen LogP contribution in [-0.4, -0.2) is 132 Å². The van der Waals surface area contributed by atoms with Gasteiger partial charge in [-0.2, -0.15) is 15.0 Å². The Kier molecular flexibility index (Phi) is 8.95. The molecule has 3 aromatic rings. The lowest BCUT2D eigenvalue weighted by Crippen LogP contribution is -2.50. The molecule has 0 radical (unpaired) electrons. The zero-order valence-electron chi connectivity index (χ0n) is 27.9. The van der Waals surface area contributed by atoms with E-state index in [9.17, 15) is 18.4 Å². The van der Waals surface area contributed by atoms with Gasteiger partial charge in [-0.15, -0.1) is 0 Å². The van der Waals surface area contributed by atoms with Gasteiger partial charge in [-0.1, -0.05) is 6.92 Å². The number of amides is 3. The standard InChI is InChI=1S/C35H41F2N9O4/c1-2-43-11-13-44(14-12-43)32(47)22-5-9-24(10-6-22)39-35(48)38-23-7-3-21(4-8-23)31-40-33(45-25-15-27(36)29(45)19-49-17-25)42-34(41-31)46-26-16-28(37)30(46)20-50-18-26/h3-10,25-30H,2,11-20H2,1H3,(H2,38,39,48)/t25-,26-,27+,28+,29-,30-/m0/s1. The Bertz CT molecular complexity index is 1660. The second kappa shape index (κ2) is 13.7. The lowest BCUT2D eigenvalue weighted by molar-refractivity contribution is 0.0643. The van der Waals surface area contributed by atoms with E-state index in [1.807, 2.05) is 14.7 Å². The summed E-state index contributed by atoms with van der Waals surface area (Å²) in [7, 11) is 0. The van der Waals surface area contributed by atoms with Crippen molar-refractivity contribution in [2.45, 2.75) is 56.3 Å². The molecule has 264 valence electrons. The molecule has 15 heteroatoms. The first-order valence-corrected chi connectivity index (χ1v) is 17.4. The van der Waals surface area contributed by atoms with Crippen LogP contribution in [-0.2, 0) is 9.47 Å². The Morgan fingerprint density at radius 3 is 1.76 bits per heavy atom. The molecular weight excluding hydrogens is 648 g/mol. The number of alkyl halides is 2. The molecule has 0 spiro atoms. The number of aromatic nitrogens is 3. The number of benzene rings is 2. The molecule has 13 nitrogen and oxygen atoms in total. The number of anilines is 4. The van der Waals surface area contributed by atoms with Gasteiger partial charge in [0.25, 0.3) is 5.91 Å². The summed E-state index contributed by atoms with van der Waals surface area (Å²) in [6.07, 6.45) is -1.47. The quantitative estimate of drug-likeness (QED) is 0.380. The Labute approximate surface area is 288 Å². The molecule has 50 heavy (non-hydrogen) atoms. The van der Waals surface area contributed by atoms with Crippen molar-refractivity contribution in [3.8, 4) is 11.4 Å². The highest BCUT2D eigenvalue weighted by molar-refractivity contribution is 6.00. The average molecular weight is 690 g/mol. The molecule has 8 rings (SSSR count). The number of urea groups is 1. The fourth-order valence-corrected chi connectivity index (χ4v) is 7.75. The molecule has 2 aromatic carbocycles. The van der Waals surface area contributed by atoms with Crippen molar-refractivity contribution >= 4 is 35.2 Å². The Hall–Kier alpha value is -4.47. The third-order valence-electron chi connectivity index (χ3n) is 10.5. The van der Waals surface area contributed by atoms with Gasteiger partial charge < -0.3 is 39.7 Å².